The van der Waals surface area contributed by atoms with Crippen molar-refractivity contribution in [3.63, 3.8) is 0 Å². The third kappa shape index (κ3) is 3.66. The topological polar surface area (TPSA) is 86.4 Å². The predicted octanol–water partition coefficient (Wildman–Crippen LogP) is 1.28. The van der Waals surface area contributed by atoms with Crippen molar-refractivity contribution >= 4 is 10.0 Å². The second-order valence-corrected chi connectivity index (χ2v) is 8.95. The fraction of sp³-hybridized carbons (Fsp3) is 0.556. The summed E-state index contributed by atoms with van der Waals surface area (Å²) < 4.78 is 36.6. The van der Waals surface area contributed by atoms with E-state index in [4.69, 9.17) is 4.74 Å². The van der Waals surface area contributed by atoms with Crippen molar-refractivity contribution in [2.75, 3.05) is 13.1 Å². The number of hydrogen-bond donors (Lipinski definition) is 0. The molecule has 2 aromatic heterocycles. The molecule has 0 aromatic carbocycles. The molecule has 9 heteroatoms. The van der Waals surface area contributed by atoms with Gasteiger partial charge in [-0.25, -0.2) is 8.42 Å². The first kappa shape index (κ1) is 19.6. The van der Waals surface area contributed by atoms with Crippen LogP contribution in [0.15, 0.2) is 21.8 Å². The van der Waals surface area contributed by atoms with Crippen LogP contribution in [0, 0.1) is 20.8 Å². The van der Waals surface area contributed by atoms with Gasteiger partial charge in [-0.3, -0.25) is 9.48 Å². The lowest BCUT2D eigenvalue weighted by atomic mass is 10.1. The Morgan fingerprint density at radius 1 is 1.11 bits per heavy atom. The minimum atomic E-state index is -3.58. The van der Waals surface area contributed by atoms with Gasteiger partial charge >= 0.3 is 0 Å². The van der Waals surface area contributed by atoms with Crippen molar-refractivity contribution in [2.45, 2.75) is 44.6 Å². The maximum atomic E-state index is 13.0. The van der Waals surface area contributed by atoms with Crippen LogP contribution in [-0.2, 0) is 24.1 Å². The van der Waals surface area contributed by atoms with Crippen molar-refractivity contribution in [1.82, 2.24) is 18.7 Å². The molecule has 0 spiro atoms. The molecule has 27 heavy (non-hydrogen) atoms. The van der Waals surface area contributed by atoms with E-state index in [2.05, 4.69) is 5.10 Å². The molecule has 0 amide bonds. The average Bonchev–Trinajstić information content (AvgIpc) is 2.86. The van der Waals surface area contributed by atoms with E-state index >= 15 is 0 Å². The van der Waals surface area contributed by atoms with E-state index in [-0.39, 0.29) is 11.7 Å². The summed E-state index contributed by atoms with van der Waals surface area (Å²) in [5.74, 6) is 0.538. The van der Waals surface area contributed by atoms with Gasteiger partial charge in [0.15, 0.2) is 0 Å². The van der Waals surface area contributed by atoms with Crippen LogP contribution in [-0.4, -0.2) is 46.3 Å². The monoisotopic (exact) mass is 394 g/mol. The van der Waals surface area contributed by atoms with Crippen LogP contribution in [0.3, 0.4) is 0 Å². The highest BCUT2D eigenvalue weighted by Crippen LogP contribution is 2.27. The van der Waals surface area contributed by atoms with Gasteiger partial charge in [0.25, 0.3) is 5.56 Å². The SMILES string of the molecule is Cc1nn(C)c(C)c1S(=O)(=O)N1CCC(Oc2cc(C)n(C)c(=O)c2)CC1. The lowest BCUT2D eigenvalue weighted by Crippen LogP contribution is -2.42. The quantitative estimate of drug-likeness (QED) is 0.780. The molecule has 8 nitrogen and oxygen atoms in total. The molecule has 148 valence electrons. The van der Waals surface area contributed by atoms with Crippen molar-refractivity contribution in [3.05, 3.63) is 39.6 Å². The average molecular weight is 394 g/mol. The number of pyridine rings is 1. The second-order valence-electron chi connectivity index (χ2n) is 7.07. The van der Waals surface area contributed by atoms with Gasteiger partial charge in [0.05, 0.1) is 11.4 Å². The number of piperidine rings is 1. The Balaban J connectivity index is 1.71. The first-order valence-corrected chi connectivity index (χ1v) is 10.4. The fourth-order valence-electron chi connectivity index (χ4n) is 3.44. The molecule has 0 bridgehead atoms. The van der Waals surface area contributed by atoms with E-state index in [0.717, 1.165) is 5.69 Å². The number of ether oxygens (including phenoxy) is 1. The molecule has 1 saturated heterocycles. The maximum Gasteiger partial charge on any atom is 0.254 e. The molecule has 2 aromatic rings. The largest absolute Gasteiger partial charge is 0.490 e. The lowest BCUT2D eigenvalue weighted by Gasteiger charge is -2.31. The molecular weight excluding hydrogens is 368 g/mol. The summed E-state index contributed by atoms with van der Waals surface area (Å²) in [5, 5.41) is 4.22. The summed E-state index contributed by atoms with van der Waals surface area (Å²) in [6.07, 6.45) is 1.04. The van der Waals surface area contributed by atoms with Crippen LogP contribution in [0.4, 0.5) is 0 Å². The highest BCUT2D eigenvalue weighted by molar-refractivity contribution is 7.89. The maximum absolute atomic E-state index is 13.0. The second kappa shape index (κ2) is 7.12. The Labute approximate surface area is 159 Å². The number of rotatable bonds is 4. The van der Waals surface area contributed by atoms with Gasteiger partial charge in [-0.1, -0.05) is 0 Å². The summed E-state index contributed by atoms with van der Waals surface area (Å²) in [6, 6.07) is 3.30. The number of aryl methyl sites for hydroxylation is 3. The van der Waals surface area contributed by atoms with Crippen LogP contribution in [0.2, 0.25) is 0 Å². The molecule has 3 rings (SSSR count). The van der Waals surface area contributed by atoms with Crippen LogP contribution < -0.4 is 10.3 Å². The van der Waals surface area contributed by atoms with Crippen molar-refractivity contribution in [2.24, 2.45) is 14.1 Å². The third-order valence-electron chi connectivity index (χ3n) is 5.22. The molecule has 0 saturated carbocycles. The summed E-state index contributed by atoms with van der Waals surface area (Å²) in [5.41, 5.74) is 1.86. The van der Waals surface area contributed by atoms with E-state index in [1.54, 1.807) is 37.2 Å². The van der Waals surface area contributed by atoms with Gasteiger partial charge in [0.1, 0.15) is 16.7 Å². The van der Waals surface area contributed by atoms with Crippen molar-refractivity contribution in [1.29, 1.82) is 0 Å². The minimum absolute atomic E-state index is 0.112. The fourth-order valence-corrected chi connectivity index (χ4v) is 5.31. The van der Waals surface area contributed by atoms with Crippen LogP contribution >= 0.6 is 0 Å². The lowest BCUT2D eigenvalue weighted by molar-refractivity contribution is 0.134. The van der Waals surface area contributed by atoms with Gasteiger partial charge in [0, 0.05) is 38.9 Å². The first-order valence-electron chi connectivity index (χ1n) is 8.96. The smallest absolute Gasteiger partial charge is 0.254 e. The van der Waals surface area contributed by atoms with E-state index in [0.29, 0.717) is 48.0 Å². The van der Waals surface area contributed by atoms with Gasteiger partial charge in [0.2, 0.25) is 10.0 Å². The zero-order valence-corrected chi connectivity index (χ0v) is 17.2. The molecule has 1 fully saturated rings. The summed E-state index contributed by atoms with van der Waals surface area (Å²) in [6.45, 7) is 6.09. The Bertz CT molecular complexity index is 1010. The normalized spacial score (nSPS) is 16.6. The van der Waals surface area contributed by atoms with Crippen molar-refractivity contribution < 1.29 is 13.2 Å². The standard InChI is InChI=1S/C18H26N4O4S/c1-12-10-16(11-17(23)20(12)4)26-15-6-8-22(9-7-15)27(24,25)18-13(2)19-21(5)14(18)3/h10-11,15H,6-9H2,1-5H3. The molecule has 0 radical (unpaired) electrons. The highest BCUT2D eigenvalue weighted by atomic mass is 32.2. The molecule has 0 aliphatic carbocycles. The molecule has 0 N–H and O–H groups in total. The molecular formula is C18H26N4O4S. The van der Waals surface area contributed by atoms with Gasteiger partial charge in [-0.15, -0.1) is 0 Å². The number of aromatic nitrogens is 3. The Morgan fingerprint density at radius 3 is 2.26 bits per heavy atom. The molecule has 1 aliphatic rings. The van der Waals surface area contributed by atoms with Crippen LogP contribution in [0.1, 0.15) is 29.9 Å². The molecule has 1 aliphatic heterocycles. The number of sulfonamides is 1. The van der Waals surface area contributed by atoms with Gasteiger partial charge in [-0.2, -0.15) is 9.40 Å². The van der Waals surface area contributed by atoms with Crippen LogP contribution in [0.25, 0.3) is 0 Å². The molecule has 3 heterocycles. The first-order chi connectivity index (χ1) is 12.6. The third-order valence-corrected chi connectivity index (χ3v) is 7.37. The van der Waals surface area contributed by atoms with E-state index in [9.17, 15) is 13.2 Å². The molecule has 0 unspecified atom stereocenters. The van der Waals surface area contributed by atoms with Gasteiger partial charge < -0.3 is 9.30 Å². The van der Waals surface area contributed by atoms with Crippen LogP contribution in [0.5, 0.6) is 5.75 Å². The zero-order chi connectivity index (χ0) is 19.9. The number of hydrogen-bond acceptors (Lipinski definition) is 5. The van der Waals surface area contributed by atoms with Crippen molar-refractivity contribution in [3.8, 4) is 5.75 Å². The minimum Gasteiger partial charge on any atom is -0.490 e. The Hall–Kier alpha value is -2.13. The summed E-state index contributed by atoms with van der Waals surface area (Å²) in [4.78, 5) is 12.2. The number of nitrogens with zero attached hydrogens (tertiary/aromatic N) is 4. The van der Waals surface area contributed by atoms with Gasteiger partial charge in [-0.05, 0) is 39.7 Å². The summed E-state index contributed by atoms with van der Waals surface area (Å²) >= 11 is 0. The van der Waals surface area contributed by atoms with E-state index in [1.165, 1.54) is 10.4 Å². The Kier molecular flexibility index (Phi) is 5.18. The summed E-state index contributed by atoms with van der Waals surface area (Å²) in [7, 11) is -0.118. The predicted molar refractivity (Wildman–Crippen MR) is 102 cm³/mol. The zero-order valence-electron chi connectivity index (χ0n) is 16.4. The van der Waals surface area contributed by atoms with E-state index < -0.39 is 10.0 Å². The van der Waals surface area contributed by atoms with E-state index in [1.807, 2.05) is 13.0 Å². The highest BCUT2D eigenvalue weighted by Gasteiger charge is 2.34. The Morgan fingerprint density at radius 2 is 1.74 bits per heavy atom. The molecule has 0 atom stereocenters.